The van der Waals surface area contributed by atoms with E-state index >= 15 is 0 Å². The molecule has 2 aromatic heterocycles. The van der Waals surface area contributed by atoms with E-state index in [9.17, 15) is 0 Å². The van der Waals surface area contributed by atoms with Gasteiger partial charge in [0.2, 0.25) is 5.95 Å². The van der Waals surface area contributed by atoms with E-state index in [0.29, 0.717) is 5.95 Å². The Morgan fingerprint density at radius 3 is 2.96 bits per heavy atom. The van der Waals surface area contributed by atoms with Crippen molar-refractivity contribution in [2.45, 2.75) is 0 Å². The van der Waals surface area contributed by atoms with Gasteiger partial charge in [0.15, 0.2) is 0 Å². The lowest BCUT2D eigenvalue weighted by atomic mass is 10.2. The predicted molar refractivity (Wildman–Crippen MR) is 92.2 cm³/mol. The first-order chi connectivity index (χ1) is 11.3. The van der Waals surface area contributed by atoms with E-state index in [4.69, 9.17) is 4.74 Å². The molecule has 0 saturated carbocycles. The predicted octanol–water partition coefficient (Wildman–Crippen LogP) is 3.50. The number of nitrogens with zero attached hydrogens (tertiary/aromatic N) is 2. The molecule has 0 amide bonds. The van der Waals surface area contributed by atoms with Gasteiger partial charge >= 0.3 is 0 Å². The molecule has 114 valence electrons. The molecule has 0 fully saturated rings. The van der Waals surface area contributed by atoms with Gasteiger partial charge in [-0.15, -0.1) is 0 Å². The van der Waals surface area contributed by atoms with Crippen LogP contribution in [0, 0.1) is 0 Å². The van der Waals surface area contributed by atoms with Gasteiger partial charge in [-0.05, 0) is 30.3 Å². The first-order valence-electron chi connectivity index (χ1n) is 7.22. The van der Waals surface area contributed by atoms with Gasteiger partial charge in [-0.1, -0.05) is 12.1 Å². The van der Waals surface area contributed by atoms with E-state index in [2.05, 4.69) is 25.5 Å². The fourth-order valence-corrected chi connectivity index (χ4v) is 2.52. The smallest absolute Gasteiger partial charge is 0.222 e. The number of rotatable bonds is 4. The van der Waals surface area contributed by atoms with Crippen LogP contribution in [-0.2, 0) is 0 Å². The summed E-state index contributed by atoms with van der Waals surface area (Å²) in [6, 6.07) is 13.7. The van der Waals surface area contributed by atoms with Gasteiger partial charge in [0.05, 0.1) is 24.4 Å². The summed E-state index contributed by atoms with van der Waals surface area (Å²) in [4.78, 5) is 10.8. The van der Waals surface area contributed by atoms with Crippen molar-refractivity contribution in [3.8, 4) is 5.75 Å². The molecule has 2 heterocycles. The Balaban J connectivity index is 1.58. The van der Waals surface area contributed by atoms with Crippen molar-refractivity contribution in [1.82, 2.24) is 15.0 Å². The lowest BCUT2D eigenvalue weighted by Crippen LogP contribution is -1.91. The van der Waals surface area contributed by atoms with Crippen molar-refractivity contribution < 1.29 is 4.74 Å². The van der Waals surface area contributed by atoms with Crippen LogP contribution in [-0.4, -0.2) is 28.3 Å². The molecular formula is C17H15N5O. The highest BCUT2D eigenvalue weighted by atomic mass is 16.5. The minimum Gasteiger partial charge on any atom is -0.497 e. The number of hydrogen-bond donors (Lipinski definition) is 3. The second-order valence-electron chi connectivity index (χ2n) is 5.13. The number of benzene rings is 2. The highest BCUT2D eigenvalue weighted by Gasteiger charge is 2.03. The van der Waals surface area contributed by atoms with Crippen molar-refractivity contribution in [2.24, 2.45) is 5.10 Å². The Hall–Kier alpha value is -3.28. The molecule has 0 radical (unpaired) electrons. The summed E-state index contributed by atoms with van der Waals surface area (Å²) in [7, 11) is 1.66. The number of aromatic nitrogens is 3. The third-order valence-electron chi connectivity index (χ3n) is 3.68. The Kier molecular flexibility index (Phi) is 3.20. The number of para-hydroxylation sites is 2. The second-order valence-corrected chi connectivity index (χ2v) is 5.13. The van der Waals surface area contributed by atoms with Crippen LogP contribution >= 0.6 is 0 Å². The number of nitrogens with one attached hydrogen (secondary N) is 3. The SMILES string of the molecule is COc1ccc2[nH]cc(/C=N\Nc3nc4ccccc4[nH]3)c2c1. The number of hydrogen-bond acceptors (Lipinski definition) is 4. The number of fused-ring (bicyclic) bond motifs is 2. The van der Waals surface area contributed by atoms with Crippen LogP contribution in [0.4, 0.5) is 5.95 Å². The molecule has 0 aliphatic rings. The van der Waals surface area contributed by atoms with Crippen LogP contribution in [0.15, 0.2) is 53.8 Å². The van der Waals surface area contributed by atoms with E-state index in [-0.39, 0.29) is 0 Å². The summed E-state index contributed by atoms with van der Waals surface area (Å²) >= 11 is 0. The van der Waals surface area contributed by atoms with E-state index in [1.54, 1.807) is 13.3 Å². The topological polar surface area (TPSA) is 78.1 Å². The average Bonchev–Trinajstić information content (AvgIpc) is 3.18. The van der Waals surface area contributed by atoms with Gasteiger partial charge < -0.3 is 14.7 Å². The number of hydrazone groups is 1. The molecule has 0 bridgehead atoms. The third-order valence-corrected chi connectivity index (χ3v) is 3.68. The molecule has 0 aliphatic heterocycles. The minimum absolute atomic E-state index is 0.611. The largest absolute Gasteiger partial charge is 0.497 e. The van der Waals surface area contributed by atoms with Crippen molar-refractivity contribution in [2.75, 3.05) is 12.5 Å². The summed E-state index contributed by atoms with van der Waals surface area (Å²) in [5.74, 6) is 1.43. The van der Waals surface area contributed by atoms with Gasteiger partial charge in [-0.3, -0.25) is 0 Å². The zero-order valence-corrected chi connectivity index (χ0v) is 12.5. The molecule has 23 heavy (non-hydrogen) atoms. The molecule has 0 unspecified atom stereocenters. The molecule has 0 saturated heterocycles. The van der Waals surface area contributed by atoms with Gasteiger partial charge in [0, 0.05) is 22.7 Å². The molecule has 4 aromatic rings. The molecular weight excluding hydrogens is 290 g/mol. The maximum absolute atomic E-state index is 5.27. The summed E-state index contributed by atoms with van der Waals surface area (Å²) in [5, 5.41) is 5.31. The van der Waals surface area contributed by atoms with Crippen LogP contribution in [0.2, 0.25) is 0 Å². The third kappa shape index (κ3) is 2.50. The Morgan fingerprint density at radius 1 is 1.17 bits per heavy atom. The number of anilines is 1. The minimum atomic E-state index is 0.611. The molecule has 6 nitrogen and oxygen atoms in total. The number of H-pyrrole nitrogens is 2. The molecule has 3 N–H and O–H groups in total. The summed E-state index contributed by atoms with van der Waals surface area (Å²) in [6.45, 7) is 0. The van der Waals surface area contributed by atoms with Gasteiger partial charge in [0.25, 0.3) is 0 Å². The molecule has 0 atom stereocenters. The Labute approximate surface area is 132 Å². The number of aromatic amines is 2. The monoisotopic (exact) mass is 305 g/mol. The van der Waals surface area contributed by atoms with Crippen molar-refractivity contribution in [3.63, 3.8) is 0 Å². The van der Waals surface area contributed by atoms with E-state index in [1.165, 1.54) is 0 Å². The van der Waals surface area contributed by atoms with Crippen LogP contribution in [0.5, 0.6) is 5.75 Å². The van der Waals surface area contributed by atoms with Gasteiger partial charge in [0.1, 0.15) is 5.75 Å². The Morgan fingerprint density at radius 2 is 2.09 bits per heavy atom. The first-order valence-corrected chi connectivity index (χ1v) is 7.22. The normalized spacial score (nSPS) is 11.5. The first kappa shape index (κ1) is 13.4. The van der Waals surface area contributed by atoms with Gasteiger partial charge in [-0.2, -0.15) is 5.10 Å². The number of imidazole rings is 1. The highest BCUT2D eigenvalue weighted by molar-refractivity contribution is 5.99. The second kappa shape index (κ2) is 5.49. The molecule has 0 aliphatic carbocycles. The summed E-state index contributed by atoms with van der Waals surface area (Å²) in [6.07, 6.45) is 3.67. The number of methoxy groups -OCH3 is 1. The van der Waals surface area contributed by atoms with Crippen molar-refractivity contribution in [3.05, 3.63) is 54.2 Å². The zero-order valence-electron chi connectivity index (χ0n) is 12.5. The van der Waals surface area contributed by atoms with E-state index < -0.39 is 0 Å². The van der Waals surface area contributed by atoms with Crippen LogP contribution in [0.3, 0.4) is 0 Å². The van der Waals surface area contributed by atoms with Crippen LogP contribution < -0.4 is 10.2 Å². The van der Waals surface area contributed by atoms with E-state index in [1.807, 2.05) is 48.7 Å². The van der Waals surface area contributed by atoms with Crippen LogP contribution in [0.1, 0.15) is 5.56 Å². The summed E-state index contributed by atoms with van der Waals surface area (Å²) < 4.78 is 5.27. The molecule has 6 heteroatoms. The quantitative estimate of drug-likeness (QED) is 0.399. The Bertz CT molecular complexity index is 965. The lowest BCUT2D eigenvalue weighted by Gasteiger charge is -1.99. The standard InChI is InChI=1S/C17H15N5O/c1-23-12-6-7-14-13(8-12)11(9-18-14)10-19-22-17-20-15-4-2-3-5-16(15)21-17/h2-10,18H,1H3,(H2,20,21,22)/b19-10-. The highest BCUT2D eigenvalue weighted by Crippen LogP contribution is 2.22. The number of ether oxygens (including phenoxy) is 1. The lowest BCUT2D eigenvalue weighted by molar-refractivity contribution is 0.415. The average molecular weight is 305 g/mol. The van der Waals surface area contributed by atoms with Crippen LogP contribution in [0.25, 0.3) is 21.9 Å². The maximum atomic E-state index is 5.27. The van der Waals surface area contributed by atoms with E-state index in [0.717, 1.165) is 33.2 Å². The van der Waals surface area contributed by atoms with Crippen molar-refractivity contribution in [1.29, 1.82) is 0 Å². The molecule has 4 rings (SSSR count). The maximum Gasteiger partial charge on any atom is 0.222 e. The summed E-state index contributed by atoms with van der Waals surface area (Å²) in [5.41, 5.74) is 6.81. The fourth-order valence-electron chi connectivity index (χ4n) is 2.52. The zero-order chi connectivity index (χ0) is 15.6. The fraction of sp³-hybridized carbons (Fsp3) is 0.0588. The molecule has 0 spiro atoms. The molecule has 2 aromatic carbocycles. The van der Waals surface area contributed by atoms with Gasteiger partial charge in [-0.25, -0.2) is 10.4 Å². The van der Waals surface area contributed by atoms with Crippen molar-refractivity contribution >= 4 is 34.1 Å².